The van der Waals surface area contributed by atoms with E-state index in [4.69, 9.17) is 35.5 Å². The van der Waals surface area contributed by atoms with Gasteiger partial charge >= 0.3 is 11.9 Å². The Bertz CT molecular complexity index is 1340. The molecule has 0 aliphatic heterocycles. The number of unbranched alkanes of at least 4 members (excludes halogenated alkanes) is 14. The Labute approximate surface area is 398 Å². The Kier molecular flexibility index (Phi) is 45.3. The van der Waals surface area contributed by atoms with Crippen molar-refractivity contribution in [3.63, 3.8) is 0 Å². The van der Waals surface area contributed by atoms with Crippen LogP contribution in [0.4, 0.5) is 0 Å². The van der Waals surface area contributed by atoms with E-state index in [-0.39, 0.29) is 120 Å². The summed E-state index contributed by atoms with van der Waals surface area (Å²) < 4.78 is 21.3. The lowest BCUT2D eigenvalue weighted by Gasteiger charge is -2.14. The van der Waals surface area contributed by atoms with Gasteiger partial charge in [-0.2, -0.15) is 0 Å². The van der Waals surface area contributed by atoms with Gasteiger partial charge in [0, 0.05) is 44.9 Å². The summed E-state index contributed by atoms with van der Waals surface area (Å²) in [6.45, 7) is 3.50. The molecule has 22 heteroatoms. The number of hydrogen-bond donors (Lipinski definition) is 9. The highest BCUT2D eigenvalue weighted by Crippen LogP contribution is 2.14. The average Bonchev–Trinajstić information content (AvgIpc) is 3.26. The molecule has 4 amide bonds. The van der Waals surface area contributed by atoms with Gasteiger partial charge in [-0.15, -0.1) is 12.6 Å². The molecule has 0 aromatic rings. The van der Waals surface area contributed by atoms with Gasteiger partial charge in [0.2, 0.25) is 28.7 Å². The van der Waals surface area contributed by atoms with E-state index in [1.54, 1.807) is 6.92 Å². The quantitative estimate of drug-likeness (QED) is 0.0240. The fourth-order valence-electron chi connectivity index (χ4n) is 5.81. The van der Waals surface area contributed by atoms with Crippen LogP contribution in [0.25, 0.3) is 0 Å². The molecule has 0 fully saturated rings. The zero-order valence-electron chi connectivity index (χ0n) is 39.3. The smallest absolute Gasteiger partial charge is 0.326 e. The number of ether oxygens (including phenoxy) is 4. The highest BCUT2D eigenvalue weighted by molar-refractivity contribution is 7.96. The van der Waals surface area contributed by atoms with Crippen molar-refractivity contribution in [2.24, 2.45) is 11.5 Å². The average molecular weight is 961 g/mol. The molecule has 2 radical (unpaired) electrons. The van der Waals surface area contributed by atoms with Gasteiger partial charge in [-0.1, -0.05) is 77.0 Å². The molecule has 0 bridgehead atoms. The van der Waals surface area contributed by atoms with E-state index in [2.05, 4.69) is 41.7 Å². The Morgan fingerprint density at radius 3 is 1.35 bits per heavy atom. The number of thiol groups is 1. The first-order valence-electron chi connectivity index (χ1n) is 23.4. The van der Waals surface area contributed by atoms with Crippen LogP contribution in [0.3, 0.4) is 0 Å². The summed E-state index contributed by atoms with van der Waals surface area (Å²) in [4.78, 5) is 91.0. The third-order valence-corrected chi connectivity index (χ3v) is 10.0. The number of nitrogens with one attached hydrogen (secondary N) is 4. The number of carbonyl (C=O) groups is 8. The van der Waals surface area contributed by atoms with Gasteiger partial charge < -0.3 is 66.7 Å². The van der Waals surface area contributed by atoms with Gasteiger partial charge in [-0.3, -0.25) is 28.8 Å². The molecular weight excluding hydrogens is 879 g/mol. The number of nitrogens with two attached hydrogens (primary N) is 2. The summed E-state index contributed by atoms with van der Waals surface area (Å²) in [5.74, 6) is -3.17. The molecule has 0 spiro atoms. The molecular formula is C44H81BN6O14S. The normalized spacial score (nSPS) is 12.2. The molecule has 0 aliphatic carbocycles. The predicted octanol–water partition coefficient (Wildman–Crippen LogP) is 2.06. The maximum absolute atomic E-state index is 12.3. The SMILES string of the molecule is NC(CCCCNC(=O)COCCOCCNC(=O)COCCOCCNC(=O)CCC(NC(=O)CCCCCCCCCCCCCCCCC(=O)O)C(=O)O)C(=O)S.[B]C(=O)C(C)N. The lowest BCUT2D eigenvalue weighted by atomic mass is 9.97. The van der Waals surface area contributed by atoms with E-state index in [0.717, 1.165) is 38.5 Å². The third kappa shape index (κ3) is 48.3. The summed E-state index contributed by atoms with van der Waals surface area (Å²) >= 11 is 3.68. The molecule has 0 saturated heterocycles. The summed E-state index contributed by atoms with van der Waals surface area (Å²) in [6, 6.07) is -2.24. The minimum absolute atomic E-state index is 0.0285. The first-order chi connectivity index (χ1) is 31.6. The number of carbonyl (C=O) groups excluding carboxylic acids is 6. The zero-order valence-corrected chi connectivity index (χ0v) is 40.2. The Hall–Kier alpha value is -3.67. The van der Waals surface area contributed by atoms with Crippen LogP contribution in [0.1, 0.15) is 142 Å². The van der Waals surface area contributed by atoms with Crippen molar-refractivity contribution < 1.29 is 67.5 Å². The van der Waals surface area contributed by atoms with Crippen LogP contribution in [-0.2, 0) is 57.3 Å². The molecule has 0 saturated carbocycles. The molecule has 3 atom stereocenters. The molecule has 20 nitrogen and oxygen atoms in total. The van der Waals surface area contributed by atoms with Gasteiger partial charge in [-0.25, -0.2) is 4.79 Å². The molecule has 3 unspecified atom stereocenters. The predicted molar refractivity (Wildman–Crippen MR) is 253 cm³/mol. The molecule has 380 valence electrons. The van der Waals surface area contributed by atoms with E-state index in [0.29, 0.717) is 32.2 Å². The molecule has 0 aromatic carbocycles. The van der Waals surface area contributed by atoms with Gasteiger partial charge in [0.15, 0.2) is 7.85 Å². The second-order valence-corrected chi connectivity index (χ2v) is 16.3. The summed E-state index contributed by atoms with van der Waals surface area (Å²) in [7, 11) is 4.67. The number of amides is 4. The van der Waals surface area contributed by atoms with E-state index >= 15 is 0 Å². The second-order valence-electron chi connectivity index (χ2n) is 15.9. The topological polar surface area (TPSA) is 314 Å². The minimum Gasteiger partial charge on any atom is -0.481 e. The molecule has 0 rings (SSSR count). The number of carboxylic acids is 2. The summed E-state index contributed by atoms with van der Waals surface area (Å²) in [5, 5.41) is 28.3. The zero-order chi connectivity index (χ0) is 49.6. The Balaban J connectivity index is 0. The molecule has 10 N–H and O–H groups in total. The lowest BCUT2D eigenvalue weighted by Crippen LogP contribution is -2.41. The van der Waals surface area contributed by atoms with E-state index in [9.17, 15) is 43.5 Å². The maximum atomic E-state index is 12.3. The third-order valence-electron chi connectivity index (χ3n) is 9.72. The monoisotopic (exact) mass is 961 g/mol. The van der Waals surface area contributed by atoms with Gasteiger partial charge in [0.1, 0.15) is 19.3 Å². The number of carboxylic acid groups (broad SMARTS) is 2. The van der Waals surface area contributed by atoms with E-state index in [1.165, 1.54) is 44.9 Å². The van der Waals surface area contributed by atoms with E-state index in [1.807, 2.05) is 0 Å². The van der Waals surface area contributed by atoms with Crippen molar-refractivity contribution in [3.8, 4) is 0 Å². The summed E-state index contributed by atoms with van der Waals surface area (Å²) in [5.41, 5.74) is 10.1. The van der Waals surface area contributed by atoms with Crippen LogP contribution in [0.5, 0.6) is 0 Å². The van der Waals surface area contributed by atoms with Crippen molar-refractivity contribution in [2.75, 3.05) is 72.5 Å². The molecule has 0 heterocycles. The highest BCUT2D eigenvalue weighted by Gasteiger charge is 2.21. The van der Waals surface area contributed by atoms with Crippen molar-refractivity contribution >= 4 is 66.8 Å². The first kappa shape index (κ1) is 64.4. The fourth-order valence-corrected chi connectivity index (χ4v) is 5.94. The lowest BCUT2D eigenvalue weighted by molar-refractivity contribution is -0.142. The van der Waals surface area contributed by atoms with Crippen molar-refractivity contribution in [2.45, 2.75) is 160 Å². The largest absolute Gasteiger partial charge is 0.481 e. The number of rotatable bonds is 45. The van der Waals surface area contributed by atoms with Crippen LogP contribution in [0, 0.1) is 0 Å². The minimum atomic E-state index is -1.19. The van der Waals surface area contributed by atoms with Crippen LogP contribution >= 0.6 is 12.6 Å². The van der Waals surface area contributed by atoms with Crippen molar-refractivity contribution in [1.29, 1.82) is 0 Å². The Morgan fingerprint density at radius 1 is 0.515 bits per heavy atom. The fraction of sp³-hybridized carbons (Fsp3) is 0.818. The van der Waals surface area contributed by atoms with Gasteiger partial charge in [0.05, 0.1) is 51.4 Å². The molecule has 66 heavy (non-hydrogen) atoms. The van der Waals surface area contributed by atoms with Crippen LogP contribution in [0.2, 0.25) is 0 Å². The summed E-state index contributed by atoms with van der Waals surface area (Å²) in [6.07, 6.45) is 17.4. The standard InChI is InChI=1S/C41H75N5O13S.C3H6BNO/c42-33(41(55)60)17-15-16-22-43-37(49)31-58-29-28-57-26-24-45-38(50)32-59-30-27-56-25-23-44-35(47)21-20-34(40(53)54)46-36(48)18-13-11-9-7-5-3-1-2-4-6-8-10-12-14-19-39(51)52;1-2(5)3(4)6/h33-34H,1-32,42H2,(H,43,49)(H,44,47)(H,45,50)(H,46,48)(H,51,52)(H,53,54)(H,55,60);2H,5H2,1H3. The number of hydrogen-bond acceptors (Lipinski definition) is 14. The van der Waals surface area contributed by atoms with Crippen molar-refractivity contribution in [1.82, 2.24) is 21.3 Å². The van der Waals surface area contributed by atoms with Crippen LogP contribution in [0.15, 0.2) is 0 Å². The van der Waals surface area contributed by atoms with Crippen molar-refractivity contribution in [3.05, 3.63) is 0 Å². The van der Waals surface area contributed by atoms with Gasteiger partial charge in [-0.05, 0) is 45.4 Å². The van der Waals surface area contributed by atoms with Crippen LogP contribution in [-0.4, -0.2) is 155 Å². The first-order valence-corrected chi connectivity index (χ1v) is 23.9. The molecule has 0 aromatic heterocycles. The highest BCUT2D eigenvalue weighted by atomic mass is 32.1. The van der Waals surface area contributed by atoms with E-state index < -0.39 is 35.7 Å². The van der Waals surface area contributed by atoms with Gasteiger partial charge in [0.25, 0.3) is 0 Å². The van der Waals surface area contributed by atoms with Crippen LogP contribution < -0.4 is 32.7 Å². The maximum Gasteiger partial charge on any atom is 0.326 e. The number of aliphatic carboxylic acids is 2. The molecule has 0 aliphatic rings. The second kappa shape index (κ2) is 46.4. The Morgan fingerprint density at radius 2 is 0.924 bits per heavy atom.